The number of nitrogens with zero attached hydrogens (tertiary/aromatic N) is 1. The molecule has 0 aliphatic heterocycles. The fourth-order valence-electron chi connectivity index (χ4n) is 3.55. The SMILES string of the molecule is COn1c2cc3ccccc3cc2c2cc3ccccc3cc21. The lowest BCUT2D eigenvalue weighted by Gasteiger charge is -2.05. The van der Waals surface area contributed by atoms with Gasteiger partial charge in [0.05, 0.1) is 11.0 Å². The van der Waals surface area contributed by atoms with Crippen molar-refractivity contribution < 1.29 is 4.84 Å². The van der Waals surface area contributed by atoms with Crippen LogP contribution < -0.4 is 4.84 Å². The van der Waals surface area contributed by atoms with Crippen molar-refractivity contribution in [3.63, 3.8) is 0 Å². The lowest BCUT2D eigenvalue weighted by Crippen LogP contribution is -2.04. The summed E-state index contributed by atoms with van der Waals surface area (Å²) < 4.78 is 1.93. The Hall–Kier alpha value is -3.00. The molecule has 1 aromatic heterocycles. The quantitative estimate of drug-likeness (QED) is 0.417. The predicted octanol–water partition coefficient (Wildman–Crippen LogP) is 5.16. The van der Waals surface area contributed by atoms with Crippen molar-refractivity contribution in [3.8, 4) is 0 Å². The Morgan fingerprint density at radius 1 is 0.609 bits per heavy atom. The molecule has 0 spiro atoms. The Morgan fingerprint density at radius 2 is 1.00 bits per heavy atom. The molecule has 5 aromatic rings. The average molecular weight is 297 g/mol. The van der Waals surface area contributed by atoms with E-state index >= 15 is 0 Å². The predicted molar refractivity (Wildman–Crippen MR) is 97.0 cm³/mol. The zero-order chi connectivity index (χ0) is 15.4. The molecule has 110 valence electrons. The van der Waals surface area contributed by atoms with Gasteiger partial charge in [0.1, 0.15) is 7.11 Å². The van der Waals surface area contributed by atoms with E-state index in [1.165, 1.54) is 32.3 Å². The van der Waals surface area contributed by atoms with E-state index in [1.807, 2.05) is 4.73 Å². The van der Waals surface area contributed by atoms with Gasteiger partial charge in [-0.25, -0.2) is 0 Å². The maximum Gasteiger partial charge on any atom is 0.104 e. The first-order chi connectivity index (χ1) is 11.3. The highest BCUT2D eigenvalue weighted by atomic mass is 16.6. The summed E-state index contributed by atoms with van der Waals surface area (Å²) in [5.41, 5.74) is 2.22. The summed E-state index contributed by atoms with van der Waals surface area (Å²) in [6.07, 6.45) is 0. The Bertz CT molecular complexity index is 1110. The summed E-state index contributed by atoms with van der Waals surface area (Å²) >= 11 is 0. The first kappa shape index (κ1) is 12.5. The Morgan fingerprint density at radius 3 is 1.39 bits per heavy atom. The van der Waals surface area contributed by atoms with Gasteiger partial charge in [-0.05, 0) is 45.8 Å². The minimum absolute atomic E-state index is 1.11. The van der Waals surface area contributed by atoms with Crippen LogP contribution in [0.1, 0.15) is 0 Å². The number of aromatic nitrogens is 1. The molecule has 2 nitrogen and oxygen atoms in total. The van der Waals surface area contributed by atoms with Crippen molar-refractivity contribution in [1.29, 1.82) is 0 Å². The summed E-state index contributed by atoms with van der Waals surface area (Å²) in [5.74, 6) is 0. The lowest BCUT2D eigenvalue weighted by molar-refractivity contribution is 0.190. The van der Waals surface area contributed by atoms with Crippen molar-refractivity contribution in [2.45, 2.75) is 0 Å². The van der Waals surface area contributed by atoms with Crippen LogP contribution >= 0.6 is 0 Å². The molecule has 0 saturated carbocycles. The summed E-state index contributed by atoms with van der Waals surface area (Å²) in [6, 6.07) is 25.8. The van der Waals surface area contributed by atoms with Crippen LogP contribution in [0.4, 0.5) is 0 Å². The van der Waals surface area contributed by atoms with Gasteiger partial charge in [0.25, 0.3) is 0 Å². The Kier molecular flexibility index (Phi) is 2.45. The Balaban J connectivity index is 2.05. The normalized spacial score (nSPS) is 11.7. The minimum atomic E-state index is 1.11. The molecule has 0 bridgehead atoms. The molecular weight excluding hydrogens is 282 g/mol. The highest BCUT2D eigenvalue weighted by molar-refractivity contribution is 6.15. The van der Waals surface area contributed by atoms with Crippen molar-refractivity contribution in [3.05, 3.63) is 72.8 Å². The fraction of sp³-hybridized carbons (Fsp3) is 0.0476. The number of rotatable bonds is 1. The van der Waals surface area contributed by atoms with Crippen LogP contribution in [0.15, 0.2) is 72.8 Å². The lowest BCUT2D eigenvalue weighted by atomic mass is 10.0. The molecule has 2 heteroatoms. The van der Waals surface area contributed by atoms with E-state index in [0.29, 0.717) is 0 Å². The smallest absolute Gasteiger partial charge is 0.104 e. The molecule has 0 N–H and O–H groups in total. The zero-order valence-electron chi connectivity index (χ0n) is 12.8. The van der Waals surface area contributed by atoms with Gasteiger partial charge in [-0.3, -0.25) is 0 Å². The molecule has 23 heavy (non-hydrogen) atoms. The topological polar surface area (TPSA) is 14.2 Å². The van der Waals surface area contributed by atoms with Gasteiger partial charge in [-0.2, -0.15) is 4.73 Å². The monoisotopic (exact) mass is 297 g/mol. The van der Waals surface area contributed by atoms with E-state index in [-0.39, 0.29) is 0 Å². The van der Waals surface area contributed by atoms with Crippen molar-refractivity contribution in [2.75, 3.05) is 7.11 Å². The Labute approximate surface area is 133 Å². The van der Waals surface area contributed by atoms with Gasteiger partial charge in [0.15, 0.2) is 0 Å². The maximum atomic E-state index is 5.70. The molecule has 1 heterocycles. The van der Waals surface area contributed by atoms with Crippen LogP contribution in [0.3, 0.4) is 0 Å². The summed E-state index contributed by atoms with van der Waals surface area (Å²) in [7, 11) is 1.73. The molecule has 0 fully saturated rings. The molecular formula is C21H15NO. The molecule has 0 unspecified atom stereocenters. The van der Waals surface area contributed by atoms with E-state index in [0.717, 1.165) is 11.0 Å². The van der Waals surface area contributed by atoms with E-state index in [2.05, 4.69) is 72.8 Å². The van der Waals surface area contributed by atoms with Crippen LogP contribution in [0.5, 0.6) is 0 Å². The van der Waals surface area contributed by atoms with E-state index in [1.54, 1.807) is 7.11 Å². The second-order valence-corrected chi connectivity index (χ2v) is 5.91. The minimum Gasteiger partial charge on any atom is -0.416 e. The molecule has 0 atom stereocenters. The molecule has 0 saturated heterocycles. The molecule has 0 aliphatic rings. The third-order valence-corrected chi connectivity index (χ3v) is 4.64. The molecule has 0 amide bonds. The second kappa shape index (κ2) is 4.50. The van der Waals surface area contributed by atoms with Gasteiger partial charge < -0.3 is 4.84 Å². The van der Waals surface area contributed by atoms with Crippen LogP contribution in [0.2, 0.25) is 0 Å². The van der Waals surface area contributed by atoms with Crippen molar-refractivity contribution >= 4 is 43.4 Å². The first-order valence-electron chi connectivity index (χ1n) is 7.75. The van der Waals surface area contributed by atoms with Gasteiger partial charge in [-0.1, -0.05) is 48.5 Å². The largest absolute Gasteiger partial charge is 0.416 e. The number of hydrogen-bond donors (Lipinski definition) is 0. The van der Waals surface area contributed by atoms with Crippen LogP contribution in [-0.4, -0.2) is 11.8 Å². The number of benzene rings is 4. The third kappa shape index (κ3) is 1.69. The number of fused-ring (bicyclic) bond motifs is 5. The molecule has 0 aliphatic carbocycles. The summed E-state index contributed by atoms with van der Waals surface area (Å²) in [6.45, 7) is 0. The van der Waals surface area contributed by atoms with E-state index in [9.17, 15) is 0 Å². The molecule has 5 rings (SSSR count). The fourth-order valence-corrected chi connectivity index (χ4v) is 3.55. The third-order valence-electron chi connectivity index (χ3n) is 4.64. The van der Waals surface area contributed by atoms with Crippen LogP contribution in [-0.2, 0) is 0 Å². The van der Waals surface area contributed by atoms with Crippen LogP contribution in [0.25, 0.3) is 43.4 Å². The van der Waals surface area contributed by atoms with Gasteiger partial charge >= 0.3 is 0 Å². The maximum absolute atomic E-state index is 5.70. The second-order valence-electron chi connectivity index (χ2n) is 5.91. The average Bonchev–Trinajstić information content (AvgIpc) is 2.89. The molecule has 4 aromatic carbocycles. The van der Waals surface area contributed by atoms with Crippen molar-refractivity contribution in [2.24, 2.45) is 0 Å². The number of hydrogen-bond acceptors (Lipinski definition) is 1. The first-order valence-corrected chi connectivity index (χ1v) is 7.75. The van der Waals surface area contributed by atoms with Crippen molar-refractivity contribution in [1.82, 2.24) is 4.73 Å². The van der Waals surface area contributed by atoms with E-state index < -0.39 is 0 Å². The molecule has 0 radical (unpaired) electrons. The summed E-state index contributed by atoms with van der Waals surface area (Å²) in [4.78, 5) is 5.70. The van der Waals surface area contributed by atoms with Crippen LogP contribution in [0, 0.1) is 0 Å². The summed E-state index contributed by atoms with van der Waals surface area (Å²) in [5, 5.41) is 7.42. The van der Waals surface area contributed by atoms with Gasteiger partial charge in [0.2, 0.25) is 0 Å². The van der Waals surface area contributed by atoms with Gasteiger partial charge in [-0.15, -0.1) is 0 Å². The van der Waals surface area contributed by atoms with E-state index in [4.69, 9.17) is 4.84 Å². The van der Waals surface area contributed by atoms with Gasteiger partial charge in [0, 0.05) is 10.8 Å². The zero-order valence-corrected chi connectivity index (χ0v) is 12.8. The highest BCUT2D eigenvalue weighted by Gasteiger charge is 2.13. The highest BCUT2D eigenvalue weighted by Crippen LogP contribution is 2.34. The standard InChI is InChI=1S/C21H15NO/c1-23-22-20-12-16-8-4-2-6-14(16)10-18(20)19-11-15-7-3-5-9-17(15)13-21(19)22/h2-13H,1H3.